The second kappa shape index (κ2) is 13.4. The molecule has 2 fully saturated rings. The Morgan fingerprint density at radius 1 is 1.18 bits per heavy atom. The first-order chi connectivity index (χ1) is 16.5. The lowest BCUT2D eigenvalue weighted by molar-refractivity contribution is -0.137. The average molecular weight is 471 g/mol. The minimum Gasteiger partial charge on any atom is -0.497 e. The van der Waals surface area contributed by atoms with Crippen LogP contribution < -0.4 is 4.74 Å². The summed E-state index contributed by atoms with van der Waals surface area (Å²) in [6, 6.07) is 7.79. The van der Waals surface area contributed by atoms with Crippen LogP contribution in [0.2, 0.25) is 0 Å². The highest BCUT2D eigenvalue weighted by Gasteiger charge is 2.42. The predicted octanol–water partition coefficient (Wildman–Crippen LogP) is 5.64. The fourth-order valence-corrected chi connectivity index (χ4v) is 4.48. The first-order valence-electron chi connectivity index (χ1n) is 12.5. The highest BCUT2D eigenvalue weighted by atomic mass is 16.6. The Kier molecular flexibility index (Phi) is 10.4. The number of carboxylic acid groups (broad SMARTS) is 1. The molecule has 4 atom stereocenters. The zero-order valence-electron chi connectivity index (χ0n) is 20.4. The Morgan fingerprint density at radius 2 is 1.97 bits per heavy atom. The lowest BCUT2D eigenvalue weighted by Crippen LogP contribution is -2.19. The summed E-state index contributed by atoms with van der Waals surface area (Å²) in [4.78, 5) is 23.7. The first kappa shape index (κ1) is 26.2. The van der Waals surface area contributed by atoms with Crippen molar-refractivity contribution < 1.29 is 28.9 Å². The lowest BCUT2D eigenvalue weighted by Gasteiger charge is -2.19. The zero-order chi connectivity index (χ0) is 24.3. The van der Waals surface area contributed by atoms with Gasteiger partial charge in [-0.25, -0.2) is 0 Å². The van der Waals surface area contributed by atoms with E-state index in [1.807, 2.05) is 30.3 Å². The summed E-state index contributed by atoms with van der Waals surface area (Å²) in [6.45, 7) is 2.65. The molecule has 1 aliphatic heterocycles. The molecule has 1 aromatic rings. The van der Waals surface area contributed by atoms with Crippen LogP contribution in [0.1, 0.15) is 70.3 Å². The van der Waals surface area contributed by atoms with Crippen LogP contribution in [0.5, 0.6) is 5.75 Å². The molecular formula is C28H38O6. The van der Waals surface area contributed by atoms with E-state index < -0.39 is 5.97 Å². The molecule has 0 bridgehead atoms. The molecule has 1 saturated heterocycles. The van der Waals surface area contributed by atoms with Gasteiger partial charge in [0.05, 0.1) is 25.9 Å². The zero-order valence-corrected chi connectivity index (χ0v) is 20.4. The Morgan fingerprint density at radius 3 is 2.68 bits per heavy atom. The topological polar surface area (TPSA) is 85.4 Å². The first-order valence-corrected chi connectivity index (χ1v) is 12.5. The van der Waals surface area contributed by atoms with E-state index in [4.69, 9.17) is 19.3 Å². The summed E-state index contributed by atoms with van der Waals surface area (Å²) < 4.78 is 17.2. The van der Waals surface area contributed by atoms with Crippen molar-refractivity contribution in [1.82, 2.24) is 0 Å². The Bertz CT molecular complexity index is 856. The molecule has 0 unspecified atom stereocenters. The van der Waals surface area contributed by atoms with E-state index in [1.54, 1.807) is 7.11 Å². The molecule has 1 N–H and O–H groups in total. The molecule has 0 radical (unpaired) electrons. The Balaban J connectivity index is 1.61. The van der Waals surface area contributed by atoms with Crippen molar-refractivity contribution in [2.45, 2.75) is 89.6 Å². The van der Waals surface area contributed by atoms with E-state index in [0.29, 0.717) is 25.9 Å². The van der Waals surface area contributed by atoms with Crippen LogP contribution >= 0.6 is 0 Å². The Hall–Kier alpha value is -2.44. The third kappa shape index (κ3) is 8.10. The van der Waals surface area contributed by atoms with Crippen LogP contribution in [0.4, 0.5) is 0 Å². The number of epoxide rings is 1. The van der Waals surface area contributed by atoms with Crippen molar-refractivity contribution in [3.05, 3.63) is 53.6 Å². The van der Waals surface area contributed by atoms with Gasteiger partial charge in [0.25, 0.3) is 0 Å². The van der Waals surface area contributed by atoms with E-state index in [-0.39, 0.29) is 36.4 Å². The van der Waals surface area contributed by atoms with Crippen molar-refractivity contribution in [3.8, 4) is 5.75 Å². The van der Waals surface area contributed by atoms with Crippen molar-refractivity contribution >= 4 is 11.8 Å². The number of ketones is 1. The number of carbonyl (C=O) groups is 2. The summed E-state index contributed by atoms with van der Waals surface area (Å²) in [5.74, 6) is 0.156. The smallest absolute Gasteiger partial charge is 0.303 e. The number of unbranched alkanes of at least 4 members (excludes halogenated alkanes) is 3. The molecule has 186 valence electrons. The highest BCUT2D eigenvalue weighted by molar-refractivity contribution is 5.99. The number of carbonyl (C=O) groups excluding carboxylic acids is 1. The molecule has 0 spiro atoms. The number of allylic oxidation sites excluding steroid dienone is 2. The summed E-state index contributed by atoms with van der Waals surface area (Å²) in [5, 5.41) is 8.83. The normalized spacial score (nSPS) is 25.4. The fraction of sp³-hybridized carbons (Fsp3) is 0.571. The van der Waals surface area contributed by atoms with Gasteiger partial charge in [0, 0.05) is 18.8 Å². The van der Waals surface area contributed by atoms with Crippen LogP contribution in [-0.2, 0) is 25.7 Å². The molecule has 1 heterocycles. The number of methoxy groups -OCH3 is 1. The minimum absolute atomic E-state index is 0.0112. The third-order valence-electron chi connectivity index (χ3n) is 6.56. The molecule has 0 aromatic heterocycles. The summed E-state index contributed by atoms with van der Waals surface area (Å²) in [6.07, 6.45) is 13.4. The number of benzene rings is 1. The lowest BCUT2D eigenvalue weighted by atomic mass is 9.94. The number of Topliss-reactive ketones (excluding diaryl/α,β-unsaturated/α-hetero) is 1. The number of ether oxygens (including phenoxy) is 3. The molecule has 1 aliphatic carbocycles. The van der Waals surface area contributed by atoms with Gasteiger partial charge in [-0.2, -0.15) is 0 Å². The molecular weight excluding hydrogens is 432 g/mol. The second-order valence-electron chi connectivity index (χ2n) is 9.18. The van der Waals surface area contributed by atoms with Gasteiger partial charge in [-0.1, -0.05) is 44.1 Å². The van der Waals surface area contributed by atoms with E-state index in [2.05, 4.69) is 19.1 Å². The molecule has 34 heavy (non-hydrogen) atoms. The standard InChI is InChI=1S/C28H38O6/c1-3-4-5-6-7-8-10-22-23(17-27-25(34-27)11-9-12-28(30)31)24(29)18-26(22)33-19-20-13-15-21(32-2)16-14-20/h7-8,13-17,22,25-27H,3-6,9-12,18-19H2,1-2H3,(H,30,31)/b8-7-,23-17+/t22-,25-,26-,27-/m1/s1. The number of aliphatic carboxylic acids is 1. The van der Waals surface area contributed by atoms with Crippen LogP contribution in [-0.4, -0.2) is 42.3 Å². The van der Waals surface area contributed by atoms with Gasteiger partial charge in [0.2, 0.25) is 0 Å². The van der Waals surface area contributed by atoms with Crippen LogP contribution in [0.25, 0.3) is 0 Å². The maximum absolute atomic E-state index is 12.9. The molecule has 0 amide bonds. The summed E-state index contributed by atoms with van der Waals surface area (Å²) >= 11 is 0. The van der Waals surface area contributed by atoms with E-state index >= 15 is 0 Å². The minimum atomic E-state index is -0.788. The van der Waals surface area contributed by atoms with Crippen molar-refractivity contribution in [2.24, 2.45) is 5.92 Å². The van der Waals surface area contributed by atoms with Crippen molar-refractivity contribution in [3.63, 3.8) is 0 Å². The average Bonchev–Trinajstić information content (AvgIpc) is 3.50. The van der Waals surface area contributed by atoms with E-state index in [0.717, 1.165) is 29.7 Å². The van der Waals surface area contributed by atoms with Crippen LogP contribution in [0.15, 0.2) is 48.1 Å². The molecule has 1 aromatic carbocycles. The summed E-state index contributed by atoms with van der Waals surface area (Å²) in [5.41, 5.74) is 1.85. The molecule has 6 nitrogen and oxygen atoms in total. The van der Waals surface area contributed by atoms with Gasteiger partial charge in [-0.15, -0.1) is 0 Å². The van der Waals surface area contributed by atoms with Crippen LogP contribution in [0.3, 0.4) is 0 Å². The highest BCUT2D eigenvalue weighted by Crippen LogP contribution is 2.38. The number of carboxylic acids is 1. The van der Waals surface area contributed by atoms with Gasteiger partial charge in [-0.05, 0) is 61.4 Å². The molecule has 1 saturated carbocycles. The monoisotopic (exact) mass is 470 g/mol. The maximum Gasteiger partial charge on any atom is 0.303 e. The SMILES string of the molecule is CCCCC/C=C\C[C@@H]1/C(=C\[C@H]2O[C@@H]2CCCC(=O)O)C(=O)C[C@H]1OCc1ccc(OC)cc1. The van der Waals surface area contributed by atoms with E-state index in [1.165, 1.54) is 19.3 Å². The summed E-state index contributed by atoms with van der Waals surface area (Å²) in [7, 11) is 1.64. The quantitative estimate of drug-likeness (QED) is 0.154. The van der Waals surface area contributed by atoms with E-state index in [9.17, 15) is 9.59 Å². The van der Waals surface area contributed by atoms with Crippen molar-refractivity contribution in [1.29, 1.82) is 0 Å². The van der Waals surface area contributed by atoms with Gasteiger partial charge in [0.1, 0.15) is 11.9 Å². The predicted molar refractivity (Wildman–Crippen MR) is 131 cm³/mol. The van der Waals surface area contributed by atoms with Gasteiger partial charge in [-0.3, -0.25) is 9.59 Å². The number of rotatable bonds is 15. The Labute approximate surface area is 203 Å². The molecule has 6 heteroatoms. The maximum atomic E-state index is 12.9. The largest absolute Gasteiger partial charge is 0.497 e. The second-order valence-corrected chi connectivity index (χ2v) is 9.18. The third-order valence-corrected chi connectivity index (χ3v) is 6.56. The fourth-order valence-electron chi connectivity index (χ4n) is 4.48. The van der Waals surface area contributed by atoms with Gasteiger partial charge in [0.15, 0.2) is 5.78 Å². The molecule has 2 aliphatic rings. The number of hydrogen-bond acceptors (Lipinski definition) is 5. The van der Waals surface area contributed by atoms with Gasteiger partial charge >= 0.3 is 5.97 Å². The van der Waals surface area contributed by atoms with Gasteiger partial charge < -0.3 is 19.3 Å². The molecule has 3 rings (SSSR count). The van der Waals surface area contributed by atoms with Crippen LogP contribution in [0, 0.1) is 5.92 Å². The van der Waals surface area contributed by atoms with Crippen molar-refractivity contribution in [2.75, 3.05) is 7.11 Å². The number of hydrogen-bond donors (Lipinski definition) is 1.